The Morgan fingerprint density at radius 1 is 1.42 bits per heavy atom. The van der Waals surface area contributed by atoms with Crippen LogP contribution in [0.15, 0.2) is 24.9 Å². The maximum Gasteiger partial charge on any atom is 0.152 e. The third-order valence-electron chi connectivity index (χ3n) is 2.36. The predicted molar refractivity (Wildman–Crippen MR) is 85.1 cm³/mol. The molecular formula is C17H25NO. The van der Waals surface area contributed by atoms with Gasteiger partial charge in [0.1, 0.15) is 0 Å². The summed E-state index contributed by atoms with van der Waals surface area (Å²) in [6.45, 7) is 11.5. The molecule has 0 atom stereocenters. The highest BCUT2D eigenvalue weighted by Gasteiger charge is 1.98. The normalized spacial score (nSPS) is 12.5. The lowest BCUT2D eigenvalue weighted by atomic mass is 10.2. The van der Waals surface area contributed by atoms with Crippen LogP contribution in [0.5, 0.6) is 0 Å². The molecule has 104 valence electrons. The summed E-state index contributed by atoms with van der Waals surface area (Å²) in [5.74, 6) is 0.0513. The molecule has 0 saturated heterocycles. The van der Waals surface area contributed by atoms with E-state index in [2.05, 4.69) is 20.4 Å². The van der Waals surface area contributed by atoms with Crippen molar-refractivity contribution in [1.29, 1.82) is 0 Å². The fourth-order valence-corrected chi connectivity index (χ4v) is 1.68. The van der Waals surface area contributed by atoms with Gasteiger partial charge in [0.2, 0.25) is 0 Å². The summed E-state index contributed by atoms with van der Waals surface area (Å²) in [6.07, 6.45) is 12.4. The van der Waals surface area contributed by atoms with Crippen molar-refractivity contribution in [3.05, 3.63) is 41.1 Å². The predicted octanol–water partition coefficient (Wildman–Crippen LogP) is 2.81. The second-order valence-corrected chi connectivity index (χ2v) is 4.34. The van der Waals surface area contributed by atoms with Crippen LogP contribution < -0.4 is 10.6 Å². The van der Waals surface area contributed by atoms with Gasteiger partial charge in [0.25, 0.3) is 0 Å². The average Bonchev–Trinajstić information content (AvgIpc) is 2.64. The number of rotatable bonds is 3. The molecule has 19 heavy (non-hydrogen) atoms. The van der Waals surface area contributed by atoms with Gasteiger partial charge in [-0.15, -0.1) is 0 Å². The Labute approximate surface area is 116 Å². The van der Waals surface area contributed by atoms with Crippen LogP contribution in [0.1, 0.15) is 39.7 Å². The number of allylic oxidation sites excluding steroid dienone is 2. The van der Waals surface area contributed by atoms with Crippen LogP contribution in [-0.4, -0.2) is 10.4 Å². The van der Waals surface area contributed by atoms with E-state index in [-0.39, 0.29) is 5.78 Å². The van der Waals surface area contributed by atoms with Gasteiger partial charge in [0.05, 0.1) is 0 Å². The SMILES string of the molecule is C=C/C=c1/c(/C=C/C(C)=O)cn(C)/c1=C/C.CCC. The number of nitrogens with zero attached hydrogens (tertiary/aromatic N) is 1. The third kappa shape index (κ3) is 5.56. The Balaban J connectivity index is 0.000000982. The van der Waals surface area contributed by atoms with E-state index in [0.29, 0.717) is 0 Å². The van der Waals surface area contributed by atoms with E-state index in [1.807, 2.05) is 43.0 Å². The molecule has 0 aliphatic rings. The Bertz CT molecular complexity index is 559. The number of carbonyl (C=O) groups excluding carboxylic acids is 1. The second kappa shape index (κ2) is 9.15. The van der Waals surface area contributed by atoms with Gasteiger partial charge in [0, 0.05) is 29.4 Å². The zero-order valence-electron chi connectivity index (χ0n) is 12.7. The van der Waals surface area contributed by atoms with Crippen LogP contribution in [0.2, 0.25) is 0 Å². The van der Waals surface area contributed by atoms with E-state index < -0.39 is 0 Å². The van der Waals surface area contributed by atoms with Crippen LogP contribution in [-0.2, 0) is 11.8 Å². The monoisotopic (exact) mass is 259 g/mol. The van der Waals surface area contributed by atoms with Gasteiger partial charge in [-0.05, 0) is 26.0 Å². The van der Waals surface area contributed by atoms with Crippen molar-refractivity contribution in [1.82, 2.24) is 4.57 Å². The van der Waals surface area contributed by atoms with E-state index in [4.69, 9.17) is 0 Å². The van der Waals surface area contributed by atoms with Gasteiger partial charge < -0.3 is 4.57 Å². The largest absolute Gasteiger partial charge is 0.350 e. The summed E-state index contributed by atoms with van der Waals surface area (Å²) in [7, 11) is 1.99. The first-order valence-corrected chi connectivity index (χ1v) is 6.64. The van der Waals surface area contributed by atoms with E-state index in [1.165, 1.54) is 6.42 Å². The molecule has 0 N–H and O–H groups in total. The lowest BCUT2D eigenvalue weighted by Gasteiger charge is -1.87. The molecule has 1 heterocycles. The molecule has 0 saturated carbocycles. The maximum absolute atomic E-state index is 10.9. The van der Waals surface area contributed by atoms with Crippen molar-refractivity contribution < 1.29 is 4.79 Å². The summed E-state index contributed by atoms with van der Waals surface area (Å²) in [5.41, 5.74) is 1.03. The molecule has 2 nitrogen and oxygen atoms in total. The van der Waals surface area contributed by atoms with Crippen LogP contribution in [0.4, 0.5) is 0 Å². The lowest BCUT2D eigenvalue weighted by molar-refractivity contribution is -0.112. The number of ketones is 1. The summed E-state index contributed by atoms with van der Waals surface area (Å²) >= 11 is 0. The molecule has 0 aromatic carbocycles. The van der Waals surface area contributed by atoms with E-state index >= 15 is 0 Å². The Hall–Kier alpha value is -1.83. The number of hydrogen-bond donors (Lipinski definition) is 0. The molecule has 1 aromatic rings. The lowest BCUT2D eigenvalue weighted by Crippen LogP contribution is -2.27. The summed E-state index contributed by atoms with van der Waals surface area (Å²) in [5, 5.41) is 2.22. The molecular weight excluding hydrogens is 234 g/mol. The van der Waals surface area contributed by atoms with Gasteiger partial charge >= 0.3 is 0 Å². The van der Waals surface area contributed by atoms with Crippen LogP contribution in [0.25, 0.3) is 18.2 Å². The average molecular weight is 259 g/mol. The quantitative estimate of drug-likeness (QED) is 0.765. The second-order valence-electron chi connectivity index (χ2n) is 4.34. The standard InChI is InChI=1S/C14H17NO.C3H8/c1-5-7-13-12(9-8-11(3)16)10-15(4)14(13)6-2;1-3-2/h5-10H,1H2,2-4H3;3H2,1-2H3/b9-8+,13-7-,14-6+;. The topological polar surface area (TPSA) is 22.0 Å². The molecule has 0 bridgehead atoms. The molecule has 1 aromatic heterocycles. The van der Waals surface area contributed by atoms with Gasteiger partial charge in [-0.1, -0.05) is 45.1 Å². The zero-order chi connectivity index (χ0) is 14.8. The Kier molecular flexibility index (Phi) is 8.27. The first-order chi connectivity index (χ1) is 9.01. The summed E-state index contributed by atoms with van der Waals surface area (Å²) in [4.78, 5) is 10.9. The van der Waals surface area contributed by atoms with Crippen molar-refractivity contribution >= 4 is 24.0 Å². The van der Waals surface area contributed by atoms with Gasteiger partial charge in [0.15, 0.2) is 5.78 Å². The fourth-order valence-electron chi connectivity index (χ4n) is 1.68. The van der Waals surface area contributed by atoms with Crippen molar-refractivity contribution in [2.24, 2.45) is 7.05 Å². The first kappa shape index (κ1) is 17.2. The van der Waals surface area contributed by atoms with Crippen LogP contribution in [0.3, 0.4) is 0 Å². The molecule has 1 rings (SSSR count). The molecule has 0 aliphatic heterocycles. The molecule has 0 fully saturated rings. The minimum atomic E-state index is 0.0513. The van der Waals surface area contributed by atoms with Crippen molar-refractivity contribution in [2.45, 2.75) is 34.1 Å². The Morgan fingerprint density at radius 2 is 2.00 bits per heavy atom. The number of aromatic nitrogens is 1. The number of carbonyl (C=O) groups is 1. The number of aryl methyl sites for hydroxylation is 1. The van der Waals surface area contributed by atoms with E-state index in [0.717, 1.165) is 16.1 Å². The minimum Gasteiger partial charge on any atom is -0.350 e. The molecule has 0 unspecified atom stereocenters. The highest BCUT2D eigenvalue weighted by Crippen LogP contribution is 1.94. The first-order valence-electron chi connectivity index (χ1n) is 6.64. The summed E-state index contributed by atoms with van der Waals surface area (Å²) < 4.78 is 2.04. The Morgan fingerprint density at radius 3 is 2.42 bits per heavy atom. The van der Waals surface area contributed by atoms with Crippen LogP contribution in [0, 0.1) is 0 Å². The van der Waals surface area contributed by atoms with Gasteiger partial charge in [-0.25, -0.2) is 0 Å². The van der Waals surface area contributed by atoms with Crippen molar-refractivity contribution in [3.8, 4) is 0 Å². The number of hydrogen-bond acceptors (Lipinski definition) is 1. The molecule has 0 radical (unpaired) electrons. The molecule has 0 aliphatic carbocycles. The highest BCUT2D eigenvalue weighted by atomic mass is 16.1. The van der Waals surface area contributed by atoms with Gasteiger partial charge in [-0.2, -0.15) is 0 Å². The highest BCUT2D eigenvalue weighted by molar-refractivity contribution is 5.91. The van der Waals surface area contributed by atoms with Crippen molar-refractivity contribution in [2.75, 3.05) is 0 Å². The van der Waals surface area contributed by atoms with E-state index in [1.54, 1.807) is 19.1 Å². The minimum absolute atomic E-state index is 0.0513. The smallest absolute Gasteiger partial charge is 0.152 e. The van der Waals surface area contributed by atoms with Gasteiger partial charge in [-0.3, -0.25) is 4.79 Å². The van der Waals surface area contributed by atoms with E-state index in [9.17, 15) is 4.79 Å². The van der Waals surface area contributed by atoms with Crippen molar-refractivity contribution in [3.63, 3.8) is 0 Å². The fraction of sp³-hybridized carbons (Fsp3) is 0.353. The third-order valence-corrected chi connectivity index (χ3v) is 2.36. The maximum atomic E-state index is 10.9. The zero-order valence-corrected chi connectivity index (χ0v) is 12.7. The molecule has 2 heteroatoms. The van der Waals surface area contributed by atoms with Crippen LogP contribution >= 0.6 is 0 Å². The molecule has 0 spiro atoms. The molecule has 0 amide bonds. The summed E-state index contributed by atoms with van der Waals surface area (Å²) in [6, 6.07) is 0.